The van der Waals surface area contributed by atoms with Gasteiger partial charge < -0.3 is 15.5 Å². The van der Waals surface area contributed by atoms with Crippen molar-refractivity contribution in [3.8, 4) is 11.4 Å². The van der Waals surface area contributed by atoms with Crippen LogP contribution in [0.4, 0.5) is 17.2 Å². The van der Waals surface area contributed by atoms with Crippen molar-refractivity contribution in [2.24, 2.45) is 5.10 Å². The Morgan fingerprint density at radius 3 is 2.73 bits per heavy atom. The van der Waals surface area contributed by atoms with Gasteiger partial charge >= 0.3 is 0 Å². The normalized spacial score (nSPS) is 14.5. The third kappa shape index (κ3) is 5.72. The predicted molar refractivity (Wildman–Crippen MR) is 133 cm³/mol. The van der Waals surface area contributed by atoms with E-state index < -0.39 is 0 Å². The SMILES string of the molecule is C=NNc1ccc(Nc2ccnc(-c3cccc(C(=O)NC4CCN(C)CC4)c3)n2)cc1C. The van der Waals surface area contributed by atoms with Crippen molar-refractivity contribution < 1.29 is 4.79 Å². The predicted octanol–water partition coefficient (Wildman–Crippen LogP) is 4.05. The second-order valence-electron chi connectivity index (χ2n) is 8.32. The summed E-state index contributed by atoms with van der Waals surface area (Å²) in [7, 11) is 2.11. The molecule has 1 aliphatic heterocycles. The van der Waals surface area contributed by atoms with E-state index in [1.54, 1.807) is 6.20 Å². The van der Waals surface area contributed by atoms with Crippen LogP contribution in [0.5, 0.6) is 0 Å². The largest absolute Gasteiger partial charge is 0.349 e. The van der Waals surface area contributed by atoms with Gasteiger partial charge in [-0.2, -0.15) is 5.10 Å². The van der Waals surface area contributed by atoms with Crippen molar-refractivity contribution in [1.82, 2.24) is 20.2 Å². The summed E-state index contributed by atoms with van der Waals surface area (Å²) in [5.41, 5.74) is 7.10. The zero-order chi connectivity index (χ0) is 23.2. The van der Waals surface area contributed by atoms with Gasteiger partial charge in [-0.1, -0.05) is 12.1 Å². The average Bonchev–Trinajstić information content (AvgIpc) is 2.83. The number of piperidine rings is 1. The molecule has 4 rings (SSSR count). The Morgan fingerprint density at radius 2 is 1.97 bits per heavy atom. The third-order valence-electron chi connectivity index (χ3n) is 5.79. The number of nitrogens with one attached hydrogen (secondary N) is 3. The fraction of sp³-hybridized carbons (Fsp3) is 0.280. The maximum atomic E-state index is 12.8. The monoisotopic (exact) mass is 443 g/mol. The maximum absolute atomic E-state index is 12.8. The minimum Gasteiger partial charge on any atom is -0.349 e. The van der Waals surface area contributed by atoms with E-state index in [4.69, 9.17) is 0 Å². The molecule has 0 spiro atoms. The summed E-state index contributed by atoms with van der Waals surface area (Å²) in [4.78, 5) is 24.1. The number of nitrogens with zero attached hydrogens (tertiary/aromatic N) is 4. The van der Waals surface area contributed by atoms with Crippen LogP contribution in [-0.4, -0.2) is 53.7 Å². The minimum atomic E-state index is -0.0566. The second kappa shape index (κ2) is 10.2. The van der Waals surface area contributed by atoms with E-state index in [1.165, 1.54) is 0 Å². The summed E-state index contributed by atoms with van der Waals surface area (Å²) in [6, 6.07) is 15.4. The maximum Gasteiger partial charge on any atom is 0.251 e. The molecule has 170 valence electrons. The van der Waals surface area contributed by atoms with E-state index in [9.17, 15) is 4.79 Å². The summed E-state index contributed by atoms with van der Waals surface area (Å²) in [5, 5.41) is 10.2. The van der Waals surface area contributed by atoms with Crippen LogP contribution in [-0.2, 0) is 0 Å². The summed E-state index contributed by atoms with van der Waals surface area (Å²) in [6.07, 6.45) is 3.65. The zero-order valence-electron chi connectivity index (χ0n) is 19.0. The molecule has 1 fully saturated rings. The molecule has 0 atom stereocenters. The lowest BCUT2D eigenvalue weighted by molar-refractivity contribution is 0.0917. The number of anilines is 3. The molecule has 1 aliphatic rings. The lowest BCUT2D eigenvalue weighted by atomic mass is 10.0. The van der Waals surface area contributed by atoms with Gasteiger partial charge in [-0.05, 0) is 81.9 Å². The fourth-order valence-corrected chi connectivity index (χ4v) is 3.89. The van der Waals surface area contributed by atoms with Gasteiger partial charge in [0.05, 0.1) is 5.69 Å². The highest BCUT2D eigenvalue weighted by atomic mass is 16.1. The first-order valence-corrected chi connectivity index (χ1v) is 11.0. The molecule has 0 bridgehead atoms. The van der Waals surface area contributed by atoms with Crippen molar-refractivity contribution in [3.05, 3.63) is 65.9 Å². The minimum absolute atomic E-state index is 0.0566. The third-order valence-corrected chi connectivity index (χ3v) is 5.79. The zero-order valence-corrected chi connectivity index (χ0v) is 19.0. The van der Waals surface area contributed by atoms with Gasteiger partial charge in [0, 0.05) is 35.8 Å². The van der Waals surface area contributed by atoms with Crippen LogP contribution in [0.2, 0.25) is 0 Å². The average molecular weight is 444 g/mol. The number of likely N-dealkylation sites (tertiary alicyclic amines) is 1. The highest BCUT2D eigenvalue weighted by molar-refractivity contribution is 5.95. The molecular weight excluding hydrogens is 414 g/mol. The first-order valence-electron chi connectivity index (χ1n) is 11.0. The molecule has 33 heavy (non-hydrogen) atoms. The topological polar surface area (TPSA) is 94.5 Å². The molecule has 1 amide bonds. The van der Waals surface area contributed by atoms with E-state index in [0.29, 0.717) is 17.2 Å². The summed E-state index contributed by atoms with van der Waals surface area (Å²) in [5.74, 6) is 1.17. The molecule has 0 aliphatic carbocycles. The Labute approximate surface area is 194 Å². The highest BCUT2D eigenvalue weighted by Crippen LogP contribution is 2.24. The Hall–Kier alpha value is -3.78. The number of hydrogen-bond acceptors (Lipinski definition) is 7. The quantitative estimate of drug-likeness (QED) is 0.377. The number of hydrazone groups is 1. The van der Waals surface area contributed by atoms with E-state index >= 15 is 0 Å². The van der Waals surface area contributed by atoms with Gasteiger partial charge in [0.2, 0.25) is 0 Å². The smallest absolute Gasteiger partial charge is 0.251 e. The van der Waals surface area contributed by atoms with Gasteiger partial charge in [-0.15, -0.1) is 0 Å². The number of aryl methyl sites for hydroxylation is 1. The molecule has 3 N–H and O–H groups in total. The van der Waals surface area contributed by atoms with Gasteiger partial charge in [0.15, 0.2) is 5.82 Å². The van der Waals surface area contributed by atoms with E-state index in [-0.39, 0.29) is 11.9 Å². The first-order chi connectivity index (χ1) is 16.0. The molecule has 1 aromatic heterocycles. The number of amides is 1. The number of benzene rings is 2. The van der Waals surface area contributed by atoms with Crippen LogP contribution in [0.3, 0.4) is 0 Å². The van der Waals surface area contributed by atoms with Crippen molar-refractivity contribution in [2.75, 3.05) is 30.9 Å². The van der Waals surface area contributed by atoms with Gasteiger partial charge in [0.1, 0.15) is 5.82 Å². The van der Waals surface area contributed by atoms with Crippen LogP contribution in [0.1, 0.15) is 28.8 Å². The molecule has 0 saturated carbocycles. The van der Waals surface area contributed by atoms with E-state index in [0.717, 1.165) is 48.4 Å². The molecule has 2 aromatic carbocycles. The molecule has 0 unspecified atom stereocenters. The summed E-state index contributed by atoms with van der Waals surface area (Å²) < 4.78 is 0. The number of aromatic nitrogens is 2. The van der Waals surface area contributed by atoms with Crippen LogP contribution < -0.4 is 16.1 Å². The summed E-state index contributed by atoms with van der Waals surface area (Å²) >= 11 is 0. The molecule has 3 aromatic rings. The van der Waals surface area contributed by atoms with Crippen molar-refractivity contribution in [2.45, 2.75) is 25.8 Å². The number of rotatable bonds is 7. The molecule has 1 saturated heterocycles. The number of hydrogen-bond donors (Lipinski definition) is 3. The molecule has 8 heteroatoms. The first kappa shape index (κ1) is 22.4. The molecule has 8 nitrogen and oxygen atoms in total. The fourth-order valence-electron chi connectivity index (χ4n) is 3.89. The molecule has 2 heterocycles. The van der Waals surface area contributed by atoms with Crippen molar-refractivity contribution in [1.29, 1.82) is 0 Å². The summed E-state index contributed by atoms with van der Waals surface area (Å²) in [6.45, 7) is 7.45. The van der Waals surface area contributed by atoms with Crippen LogP contribution >= 0.6 is 0 Å². The van der Waals surface area contributed by atoms with Crippen LogP contribution in [0, 0.1) is 6.92 Å². The lowest BCUT2D eigenvalue weighted by Gasteiger charge is -2.29. The number of carbonyl (C=O) groups excluding carboxylic acids is 1. The Balaban J connectivity index is 1.47. The molecule has 0 radical (unpaired) electrons. The van der Waals surface area contributed by atoms with Crippen LogP contribution in [0.25, 0.3) is 11.4 Å². The van der Waals surface area contributed by atoms with E-state index in [1.807, 2.05) is 55.5 Å². The van der Waals surface area contributed by atoms with E-state index in [2.05, 4.69) is 49.8 Å². The van der Waals surface area contributed by atoms with Crippen molar-refractivity contribution >= 4 is 29.8 Å². The van der Waals surface area contributed by atoms with Crippen molar-refractivity contribution in [3.63, 3.8) is 0 Å². The Kier molecular flexibility index (Phi) is 6.95. The Morgan fingerprint density at radius 1 is 1.15 bits per heavy atom. The number of carbonyl (C=O) groups is 1. The highest BCUT2D eigenvalue weighted by Gasteiger charge is 2.19. The van der Waals surface area contributed by atoms with Gasteiger partial charge in [0.25, 0.3) is 5.91 Å². The van der Waals surface area contributed by atoms with Gasteiger partial charge in [-0.25, -0.2) is 9.97 Å². The lowest BCUT2D eigenvalue weighted by Crippen LogP contribution is -2.43. The second-order valence-corrected chi connectivity index (χ2v) is 8.32. The van der Waals surface area contributed by atoms with Crippen LogP contribution in [0.15, 0.2) is 59.8 Å². The Bertz CT molecular complexity index is 1140. The molecular formula is C25H29N7O. The van der Waals surface area contributed by atoms with Gasteiger partial charge in [-0.3, -0.25) is 10.2 Å². The standard InChI is InChI=1S/C25H29N7O/c1-17-15-21(7-8-22(17)31-26-2)28-23-9-12-27-24(30-23)18-5-4-6-19(16-18)25(33)29-20-10-13-32(3)14-11-20/h4-9,12,15-16,20,31H,2,10-11,13-14H2,1,3H3,(H,29,33)(H,27,28,30).